The van der Waals surface area contributed by atoms with Crippen LogP contribution >= 0.6 is 0 Å². The zero-order valence-corrected chi connectivity index (χ0v) is 12.4. The van der Waals surface area contributed by atoms with E-state index in [0.29, 0.717) is 17.4 Å². The van der Waals surface area contributed by atoms with E-state index in [4.69, 9.17) is 0 Å². The second kappa shape index (κ2) is 7.22. The predicted molar refractivity (Wildman–Crippen MR) is 79.7 cm³/mol. The molecule has 0 radical (unpaired) electrons. The summed E-state index contributed by atoms with van der Waals surface area (Å²) in [6, 6.07) is 0.253. The van der Waals surface area contributed by atoms with E-state index in [2.05, 4.69) is 27.5 Å². The average molecular weight is 276 g/mol. The van der Waals surface area contributed by atoms with Crippen LogP contribution in [0.5, 0.6) is 0 Å². The zero-order valence-electron chi connectivity index (χ0n) is 12.4. The van der Waals surface area contributed by atoms with Crippen molar-refractivity contribution in [2.45, 2.75) is 51.5 Å². The molecular weight excluding hydrogens is 252 g/mol. The molecule has 110 valence electrons. The molecule has 1 heterocycles. The van der Waals surface area contributed by atoms with E-state index >= 15 is 0 Å². The largest absolute Gasteiger partial charge is 0.372 e. The molecule has 0 aromatic carbocycles. The number of nitrogens with one attached hydrogen (secondary N) is 2. The Morgan fingerprint density at radius 3 is 2.75 bits per heavy atom. The highest BCUT2D eigenvalue weighted by Gasteiger charge is 2.24. The second-order valence-electron chi connectivity index (χ2n) is 5.43. The molecule has 0 bridgehead atoms. The lowest BCUT2D eigenvalue weighted by Crippen LogP contribution is -2.41. The zero-order chi connectivity index (χ0) is 14.4. The molecule has 1 aromatic heterocycles. The minimum absolute atomic E-state index is 0.118. The van der Waals surface area contributed by atoms with Crippen molar-refractivity contribution in [1.29, 1.82) is 0 Å². The molecule has 20 heavy (non-hydrogen) atoms. The fourth-order valence-corrected chi connectivity index (χ4v) is 2.93. The maximum absolute atomic E-state index is 12.3. The summed E-state index contributed by atoms with van der Waals surface area (Å²) < 4.78 is 0. The summed E-state index contributed by atoms with van der Waals surface area (Å²) in [5.74, 6) is 1.11. The first kappa shape index (κ1) is 14.8. The molecule has 2 N–H and O–H groups in total. The summed E-state index contributed by atoms with van der Waals surface area (Å²) in [5, 5.41) is 6.03. The molecule has 5 heteroatoms. The standard InChI is InChI=1S/C15H24N4O/c1-3-12(11-7-5-4-6-8-11)19-15(20)13-9-17-10-14(16-2)18-13/h9-12H,3-8H2,1-2H3,(H,16,18)(H,19,20). The van der Waals surface area contributed by atoms with E-state index in [-0.39, 0.29) is 11.9 Å². The van der Waals surface area contributed by atoms with E-state index in [9.17, 15) is 4.79 Å². The molecule has 1 aromatic rings. The van der Waals surface area contributed by atoms with Gasteiger partial charge in [-0.25, -0.2) is 4.98 Å². The van der Waals surface area contributed by atoms with Crippen LogP contribution in [-0.2, 0) is 0 Å². The van der Waals surface area contributed by atoms with E-state index in [0.717, 1.165) is 6.42 Å². The van der Waals surface area contributed by atoms with Crippen LogP contribution in [0.3, 0.4) is 0 Å². The van der Waals surface area contributed by atoms with Gasteiger partial charge in [-0.05, 0) is 25.2 Å². The van der Waals surface area contributed by atoms with E-state index < -0.39 is 0 Å². The van der Waals surface area contributed by atoms with Gasteiger partial charge in [-0.15, -0.1) is 0 Å². The van der Waals surface area contributed by atoms with Crippen LogP contribution in [0, 0.1) is 5.92 Å². The van der Waals surface area contributed by atoms with Crippen molar-refractivity contribution < 1.29 is 4.79 Å². The van der Waals surface area contributed by atoms with Crippen LogP contribution < -0.4 is 10.6 Å². The lowest BCUT2D eigenvalue weighted by molar-refractivity contribution is 0.0906. The highest BCUT2D eigenvalue weighted by atomic mass is 16.1. The van der Waals surface area contributed by atoms with Gasteiger partial charge in [0.1, 0.15) is 11.5 Å². The summed E-state index contributed by atoms with van der Waals surface area (Å²) in [4.78, 5) is 20.6. The molecular formula is C15H24N4O. The molecule has 0 aliphatic heterocycles. The summed E-state index contributed by atoms with van der Waals surface area (Å²) in [6.07, 6.45) is 10.4. The fraction of sp³-hybridized carbons (Fsp3) is 0.667. The molecule has 0 spiro atoms. The molecule has 1 saturated carbocycles. The number of hydrogen-bond donors (Lipinski definition) is 2. The first-order valence-electron chi connectivity index (χ1n) is 7.55. The smallest absolute Gasteiger partial charge is 0.271 e. The Kier molecular flexibility index (Phi) is 5.32. The maximum Gasteiger partial charge on any atom is 0.271 e. The van der Waals surface area contributed by atoms with Gasteiger partial charge < -0.3 is 10.6 Å². The third kappa shape index (κ3) is 3.68. The molecule has 1 aliphatic rings. The van der Waals surface area contributed by atoms with Crippen LogP contribution in [0.1, 0.15) is 55.9 Å². The monoisotopic (exact) mass is 276 g/mol. The third-order valence-corrected chi connectivity index (χ3v) is 4.10. The van der Waals surface area contributed by atoms with Gasteiger partial charge in [-0.3, -0.25) is 9.78 Å². The van der Waals surface area contributed by atoms with Gasteiger partial charge in [-0.2, -0.15) is 0 Å². The van der Waals surface area contributed by atoms with Crippen molar-refractivity contribution in [3.8, 4) is 0 Å². The van der Waals surface area contributed by atoms with Crippen molar-refractivity contribution in [2.75, 3.05) is 12.4 Å². The number of nitrogens with zero attached hydrogens (tertiary/aromatic N) is 2. The third-order valence-electron chi connectivity index (χ3n) is 4.10. The van der Waals surface area contributed by atoms with Gasteiger partial charge >= 0.3 is 0 Å². The number of aromatic nitrogens is 2. The Morgan fingerprint density at radius 2 is 2.10 bits per heavy atom. The predicted octanol–water partition coefficient (Wildman–Crippen LogP) is 2.61. The van der Waals surface area contributed by atoms with Gasteiger partial charge in [0.15, 0.2) is 0 Å². The van der Waals surface area contributed by atoms with Crippen molar-refractivity contribution in [2.24, 2.45) is 5.92 Å². The van der Waals surface area contributed by atoms with E-state index in [1.165, 1.54) is 38.3 Å². The molecule has 1 unspecified atom stereocenters. The Balaban J connectivity index is 2.00. The molecule has 1 atom stereocenters. The molecule has 1 aliphatic carbocycles. The van der Waals surface area contributed by atoms with E-state index in [1.54, 1.807) is 13.2 Å². The molecule has 1 fully saturated rings. The first-order chi connectivity index (χ1) is 9.74. The quantitative estimate of drug-likeness (QED) is 0.867. The van der Waals surface area contributed by atoms with Crippen molar-refractivity contribution in [3.05, 3.63) is 18.1 Å². The van der Waals surface area contributed by atoms with Crippen molar-refractivity contribution >= 4 is 11.7 Å². The second-order valence-corrected chi connectivity index (χ2v) is 5.43. The summed E-state index contributed by atoms with van der Waals surface area (Å²) in [7, 11) is 1.77. The van der Waals surface area contributed by atoms with Crippen molar-refractivity contribution in [3.63, 3.8) is 0 Å². The molecule has 5 nitrogen and oxygen atoms in total. The van der Waals surface area contributed by atoms with Crippen molar-refractivity contribution in [1.82, 2.24) is 15.3 Å². The maximum atomic E-state index is 12.3. The number of anilines is 1. The summed E-state index contributed by atoms with van der Waals surface area (Å²) in [6.45, 7) is 2.13. The lowest BCUT2D eigenvalue weighted by atomic mass is 9.83. The molecule has 2 rings (SSSR count). The number of amides is 1. The van der Waals surface area contributed by atoms with Gasteiger partial charge in [0.25, 0.3) is 5.91 Å². The highest BCUT2D eigenvalue weighted by Crippen LogP contribution is 2.27. The Morgan fingerprint density at radius 1 is 1.35 bits per heavy atom. The average Bonchev–Trinajstić information content (AvgIpc) is 2.53. The Labute approximate surface area is 120 Å². The van der Waals surface area contributed by atoms with Crippen LogP contribution in [-0.4, -0.2) is 29.0 Å². The van der Waals surface area contributed by atoms with Crippen LogP contribution in [0.4, 0.5) is 5.82 Å². The molecule has 1 amide bonds. The lowest BCUT2D eigenvalue weighted by Gasteiger charge is -2.30. The Hall–Kier alpha value is -1.65. The number of carbonyl (C=O) groups excluding carboxylic acids is 1. The van der Waals surface area contributed by atoms with Gasteiger partial charge in [0, 0.05) is 13.1 Å². The highest BCUT2D eigenvalue weighted by molar-refractivity contribution is 5.92. The summed E-state index contributed by atoms with van der Waals surface area (Å²) >= 11 is 0. The minimum Gasteiger partial charge on any atom is -0.372 e. The topological polar surface area (TPSA) is 66.9 Å². The van der Waals surface area contributed by atoms with Gasteiger partial charge in [0.2, 0.25) is 0 Å². The van der Waals surface area contributed by atoms with E-state index in [1.807, 2.05) is 0 Å². The van der Waals surface area contributed by atoms with Gasteiger partial charge in [0.05, 0.1) is 12.4 Å². The SMILES string of the molecule is CCC(NC(=O)c1cncc(NC)n1)C1CCCCC1. The van der Waals surface area contributed by atoms with Crippen LogP contribution in [0.25, 0.3) is 0 Å². The number of hydrogen-bond acceptors (Lipinski definition) is 4. The normalized spacial score (nSPS) is 17.5. The molecule has 0 saturated heterocycles. The Bertz CT molecular complexity index is 443. The number of carbonyl (C=O) groups is 1. The first-order valence-corrected chi connectivity index (χ1v) is 7.55. The van der Waals surface area contributed by atoms with Crippen LogP contribution in [0.15, 0.2) is 12.4 Å². The minimum atomic E-state index is -0.118. The van der Waals surface area contributed by atoms with Crippen LogP contribution in [0.2, 0.25) is 0 Å². The van der Waals surface area contributed by atoms with Gasteiger partial charge in [-0.1, -0.05) is 26.2 Å². The fourth-order valence-electron chi connectivity index (χ4n) is 2.93. The number of rotatable bonds is 5. The summed E-state index contributed by atoms with van der Waals surface area (Å²) in [5.41, 5.74) is 0.381.